The summed E-state index contributed by atoms with van der Waals surface area (Å²) in [5.41, 5.74) is 0.272. The van der Waals surface area contributed by atoms with Crippen molar-refractivity contribution < 1.29 is 33.4 Å². The molecule has 2 amide bonds. The smallest absolute Gasteiger partial charge is 0.410 e. The van der Waals surface area contributed by atoms with E-state index in [4.69, 9.17) is 13.9 Å². The van der Waals surface area contributed by atoms with Crippen molar-refractivity contribution in [3.8, 4) is 0 Å². The maximum Gasteiger partial charge on any atom is 0.410 e. The summed E-state index contributed by atoms with van der Waals surface area (Å²) >= 11 is 1.48. The van der Waals surface area contributed by atoms with Gasteiger partial charge in [0.2, 0.25) is 5.91 Å². The molecule has 0 unspecified atom stereocenters. The first-order valence-electron chi connectivity index (χ1n) is 13.5. The van der Waals surface area contributed by atoms with E-state index in [1.165, 1.54) is 28.8 Å². The highest BCUT2D eigenvalue weighted by atomic mass is 32.2. The summed E-state index contributed by atoms with van der Waals surface area (Å²) in [4.78, 5) is 43.2. The number of fused-ring (bicyclic) bond motifs is 1. The largest absolute Gasteiger partial charge is 0.457 e. The molecule has 3 aliphatic rings. The standard InChI is InChI=1S/C28H44N2O7SSi/c1-10-12-35-26(33)23-24(38-20-14-19(16-31)29(15-20)27(34)36-13-11-2)17(3)22-21(25(32)30(22)23)18(4)37-39(8,9)28(5,6)7/h10-11,17-22,31H,1-2,12-16H2,3-9H3/t17-,18-,19+,20+,21-,22-/m1/s1. The Morgan fingerprint density at radius 3 is 2.38 bits per heavy atom. The summed E-state index contributed by atoms with van der Waals surface area (Å²) in [7, 11) is -2.12. The van der Waals surface area contributed by atoms with Gasteiger partial charge >= 0.3 is 12.1 Å². The molecule has 6 atom stereocenters. The quantitative estimate of drug-likeness (QED) is 0.167. The molecule has 9 nitrogen and oxygen atoms in total. The average Bonchev–Trinajstić information content (AvgIpc) is 3.37. The van der Waals surface area contributed by atoms with Crippen molar-refractivity contribution in [2.75, 3.05) is 26.4 Å². The van der Waals surface area contributed by atoms with Crippen molar-refractivity contribution in [2.45, 2.75) is 82.6 Å². The minimum atomic E-state index is -2.12. The molecule has 2 saturated heterocycles. The molecule has 3 aliphatic heterocycles. The molecule has 0 aromatic carbocycles. The molecule has 218 valence electrons. The molecule has 0 aliphatic carbocycles. The van der Waals surface area contributed by atoms with Crippen molar-refractivity contribution >= 4 is 38.0 Å². The van der Waals surface area contributed by atoms with Crippen LogP contribution in [0.3, 0.4) is 0 Å². The molecule has 0 bridgehead atoms. The minimum absolute atomic E-state index is 0.00162. The maximum atomic E-state index is 13.6. The Morgan fingerprint density at radius 2 is 1.82 bits per heavy atom. The number of ether oxygens (including phenoxy) is 2. The third kappa shape index (κ3) is 6.16. The predicted octanol–water partition coefficient (Wildman–Crippen LogP) is 4.31. The lowest BCUT2D eigenvalue weighted by molar-refractivity contribution is -0.163. The third-order valence-corrected chi connectivity index (χ3v) is 14.4. The number of carbonyl (C=O) groups excluding carboxylic acids is 3. The number of amides is 2. The summed E-state index contributed by atoms with van der Waals surface area (Å²) in [6, 6.07) is -0.604. The van der Waals surface area contributed by atoms with E-state index >= 15 is 0 Å². The van der Waals surface area contributed by atoms with Crippen molar-refractivity contribution in [3.63, 3.8) is 0 Å². The number of rotatable bonds is 11. The summed E-state index contributed by atoms with van der Waals surface area (Å²) in [5, 5.41) is 9.82. The lowest BCUT2D eigenvalue weighted by atomic mass is 9.79. The topological polar surface area (TPSA) is 106 Å². The second kappa shape index (κ2) is 12.2. The molecular formula is C28H44N2O7SSi. The lowest BCUT2D eigenvalue weighted by Crippen LogP contribution is -2.65. The molecule has 11 heteroatoms. The van der Waals surface area contributed by atoms with Crippen LogP contribution in [0, 0.1) is 11.8 Å². The van der Waals surface area contributed by atoms with E-state index < -0.39 is 26.4 Å². The first-order valence-corrected chi connectivity index (χ1v) is 17.3. The summed E-state index contributed by atoms with van der Waals surface area (Å²) in [6.07, 6.45) is 2.71. The number of likely N-dealkylation sites (tertiary alicyclic amines) is 1. The highest BCUT2D eigenvalue weighted by molar-refractivity contribution is 8.03. The van der Waals surface area contributed by atoms with Gasteiger partial charge in [-0.05, 0) is 31.5 Å². The van der Waals surface area contributed by atoms with Crippen LogP contribution in [0.25, 0.3) is 0 Å². The Balaban J connectivity index is 1.85. The van der Waals surface area contributed by atoms with Crippen molar-refractivity contribution in [2.24, 2.45) is 11.8 Å². The number of esters is 1. The van der Waals surface area contributed by atoms with E-state index in [1.54, 1.807) is 4.90 Å². The Kier molecular flexibility index (Phi) is 9.83. The van der Waals surface area contributed by atoms with Crippen LogP contribution < -0.4 is 0 Å². The van der Waals surface area contributed by atoms with Crippen molar-refractivity contribution in [1.82, 2.24) is 9.80 Å². The summed E-state index contributed by atoms with van der Waals surface area (Å²) in [6.45, 7) is 22.3. The zero-order valence-electron chi connectivity index (χ0n) is 24.3. The van der Waals surface area contributed by atoms with Crippen LogP contribution in [-0.4, -0.2) is 91.0 Å². The molecule has 1 N–H and O–H groups in total. The maximum absolute atomic E-state index is 13.6. The van der Waals surface area contributed by atoms with Crippen LogP contribution in [0.5, 0.6) is 0 Å². The molecule has 0 saturated carbocycles. The van der Waals surface area contributed by atoms with Crippen LogP contribution in [0.2, 0.25) is 18.1 Å². The van der Waals surface area contributed by atoms with Gasteiger partial charge in [-0.2, -0.15) is 0 Å². The zero-order valence-corrected chi connectivity index (χ0v) is 26.1. The second-order valence-corrected chi connectivity index (χ2v) is 18.1. The molecule has 39 heavy (non-hydrogen) atoms. The Hall–Kier alpha value is -2.08. The van der Waals surface area contributed by atoms with Crippen LogP contribution in [-0.2, 0) is 23.5 Å². The van der Waals surface area contributed by atoms with Gasteiger partial charge in [0.15, 0.2) is 8.32 Å². The Labute approximate surface area is 237 Å². The van der Waals surface area contributed by atoms with E-state index in [9.17, 15) is 19.5 Å². The monoisotopic (exact) mass is 580 g/mol. The summed E-state index contributed by atoms with van der Waals surface area (Å²) < 4.78 is 17.2. The van der Waals surface area contributed by atoms with E-state index in [-0.39, 0.29) is 65.7 Å². The van der Waals surface area contributed by atoms with Crippen LogP contribution >= 0.6 is 11.8 Å². The molecule has 0 spiro atoms. The molecule has 3 heterocycles. The average molecular weight is 581 g/mol. The molecule has 0 aromatic heterocycles. The van der Waals surface area contributed by atoms with Gasteiger partial charge in [0.1, 0.15) is 18.9 Å². The predicted molar refractivity (Wildman–Crippen MR) is 154 cm³/mol. The first kappa shape index (κ1) is 31.4. The van der Waals surface area contributed by atoms with Crippen LogP contribution in [0.15, 0.2) is 35.9 Å². The van der Waals surface area contributed by atoms with Crippen molar-refractivity contribution in [1.29, 1.82) is 0 Å². The van der Waals surface area contributed by atoms with Gasteiger partial charge in [-0.3, -0.25) is 4.79 Å². The second-order valence-electron chi connectivity index (χ2n) is 12.0. The number of β-lactam (4-membered cyclic amide) rings is 1. The number of hydrogen-bond acceptors (Lipinski definition) is 8. The van der Waals surface area contributed by atoms with Crippen LogP contribution in [0.4, 0.5) is 4.79 Å². The van der Waals surface area contributed by atoms with Gasteiger partial charge in [0, 0.05) is 22.6 Å². The number of aliphatic hydroxyl groups is 1. The van der Waals surface area contributed by atoms with Crippen LogP contribution in [0.1, 0.15) is 41.0 Å². The number of aliphatic hydroxyl groups excluding tert-OH is 1. The number of nitrogens with zero attached hydrogens (tertiary/aromatic N) is 2. The third-order valence-electron chi connectivity index (χ3n) is 8.35. The molecule has 0 aromatic rings. The molecule has 0 radical (unpaired) electrons. The minimum Gasteiger partial charge on any atom is -0.457 e. The van der Waals surface area contributed by atoms with Crippen molar-refractivity contribution in [3.05, 3.63) is 35.9 Å². The lowest BCUT2D eigenvalue weighted by Gasteiger charge is -2.50. The van der Waals surface area contributed by atoms with Gasteiger partial charge in [-0.15, -0.1) is 11.8 Å². The SMILES string of the molecule is C=CCOC(=O)C1=C(S[C@H]2C[C@@H](CO)N(C(=O)OCC=C)C2)[C@H](C)[C@@H]2[C@@H]([C@@H](C)O[Si](C)(C)C(C)(C)C)C(=O)N12. The normalized spacial score (nSPS) is 27.7. The Morgan fingerprint density at radius 1 is 1.21 bits per heavy atom. The number of carbonyl (C=O) groups is 3. The fourth-order valence-corrected chi connectivity index (χ4v) is 8.31. The highest BCUT2D eigenvalue weighted by Crippen LogP contribution is 2.53. The fraction of sp³-hybridized carbons (Fsp3) is 0.679. The summed E-state index contributed by atoms with van der Waals surface area (Å²) in [5.74, 6) is -1.18. The number of hydrogen-bond donors (Lipinski definition) is 1. The fourth-order valence-electron chi connectivity index (χ4n) is 5.32. The molecule has 2 fully saturated rings. The van der Waals surface area contributed by atoms with Gasteiger partial charge in [0.05, 0.1) is 30.7 Å². The Bertz CT molecular complexity index is 1020. The van der Waals surface area contributed by atoms with Gasteiger partial charge in [0.25, 0.3) is 0 Å². The first-order chi connectivity index (χ1) is 18.2. The van der Waals surface area contributed by atoms with E-state index in [0.29, 0.717) is 13.0 Å². The highest BCUT2D eigenvalue weighted by Gasteiger charge is 2.61. The number of thioether (sulfide) groups is 1. The van der Waals surface area contributed by atoms with Gasteiger partial charge in [-0.25, -0.2) is 9.59 Å². The van der Waals surface area contributed by atoms with E-state index in [1.807, 2.05) is 13.8 Å². The van der Waals surface area contributed by atoms with Gasteiger partial charge in [-0.1, -0.05) is 53.0 Å². The van der Waals surface area contributed by atoms with Gasteiger partial charge < -0.3 is 28.8 Å². The molecule has 3 rings (SSSR count). The zero-order chi connectivity index (χ0) is 29.3. The van der Waals surface area contributed by atoms with E-state index in [0.717, 1.165) is 4.91 Å². The molecular weight excluding hydrogens is 536 g/mol. The van der Waals surface area contributed by atoms with E-state index in [2.05, 4.69) is 47.0 Å².